The van der Waals surface area contributed by atoms with Gasteiger partial charge in [-0.05, 0) is 45.7 Å². The Bertz CT molecular complexity index is 752. The summed E-state index contributed by atoms with van der Waals surface area (Å²) in [4.78, 5) is 27.9. The molecule has 2 heterocycles. The van der Waals surface area contributed by atoms with Gasteiger partial charge in [0, 0.05) is 13.1 Å². The number of rotatable bonds is 6. The maximum atomic E-state index is 12.2. The Kier molecular flexibility index (Phi) is 6.25. The van der Waals surface area contributed by atoms with E-state index in [1.165, 1.54) is 6.20 Å². The SMILES string of the molecule is CC(C)(C)OC(=O)NCCCCNC(=O)c1cnc2cccc(Cl)n12. The summed E-state index contributed by atoms with van der Waals surface area (Å²) in [5.41, 5.74) is 0.513. The van der Waals surface area contributed by atoms with Crippen molar-refractivity contribution in [3.63, 3.8) is 0 Å². The minimum atomic E-state index is -0.507. The number of nitrogens with zero attached hydrogens (tertiary/aromatic N) is 2. The lowest BCUT2D eigenvalue weighted by Crippen LogP contribution is -2.33. The molecule has 0 atom stereocenters. The second-order valence-electron chi connectivity index (χ2n) is 6.58. The van der Waals surface area contributed by atoms with Crippen LogP contribution < -0.4 is 10.6 Å². The number of imidazole rings is 1. The Morgan fingerprint density at radius 2 is 1.88 bits per heavy atom. The number of pyridine rings is 1. The molecule has 0 saturated carbocycles. The molecule has 0 aromatic carbocycles. The third kappa shape index (κ3) is 5.63. The first-order valence-corrected chi connectivity index (χ1v) is 8.53. The number of halogens is 1. The van der Waals surface area contributed by atoms with Crippen LogP contribution in [-0.4, -0.2) is 40.1 Å². The molecule has 2 rings (SSSR count). The van der Waals surface area contributed by atoms with E-state index in [0.29, 0.717) is 29.6 Å². The molecule has 2 N–H and O–H groups in total. The fourth-order valence-corrected chi connectivity index (χ4v) is 2.45. The van der Waals surface area contributed by atoms with Crippen LogP contribution in [0.3, 0.4) is 0 Å². The van der Waals surface area contributed by atoms with Gasteiger partial charge in [-0.3, -0.25) is 9.20 Å². The van der Waals surface area contributed by atoms with Crippen LogP contribution in [0, 0.1) is 0 Å². The van der Waals surface area contributed by atoms with E-state index in [1.54, 1.807) is 22.6 Å². The lowest BCUT2D eigenvalue weighted by atomic mass is 10.2. The molecular formula is C17H23ClN4O3. The number of fused-ring (bicyclic) bond motifs is 1. The van der Waals surface area contributed by atoms with E-state index < -0.39 is 11.7 Å². The zero-order valence-electron chi connectivity index (χ0n) is 14.6. The summed E-state index contributed by atoms with van der Waals surface area (Å²) < 4.78 is 6.74. The Morgan fingerprint density at radius 1 is 1.20 bits per heavy atom. The molecule has 0 spiro atoms. The Morgan fingerprint density at radius 3 is 2.56 bits per heavy atom. The van der Waals surface area contributed by atoms with Crippen LogP contribution in [0.5, 0.6) is 0 Å². The molecule has 25 heavy (non-hydrogen) atoms. The predicted octanol–water partition coefficient (Wildman–Crippen LogP) is 3.02. The lowest BCUT2D eigenvalue weighted by Gasteiger charge is -2.19. The zero-order chi connectivity index (χ0) is 18.4. The fraction of sp³-hybridized carbons (Fsp3) is 0.471. The molecule has 0 aliphatic heterocycles. The van der Waals surface area contributed by atoms with Gasteiger partial charge in [0.25, 0.3) is 5.91 Å². The highest BCUT2D eigenvalue weighted by molar-refractivity contribution is 6.30. The highest BCUT2D eigenvalue weighted by atomic mass is 35.5. The number of alkyl carbamates (subject to hydrolysis) is 1. The van der Waals surface area contributed by atoms with Crippen molar-refractivity contribution in [1.82, 2.24) is 20.0 Å². The number of carbonyl (C=O) groups excluding carboxylic acids is 2. The van der Waals surface area contributed by atoms with Gasteiger partial charge >= 0.3 is 6.09 Å². The first kappa shape index (κ1) is 19.1. The summed E-state index contributed by atoms with van der Waals surface area (Å²) in [6.07, 6.45) is 2.52. The van der Waals surface area contributed by atoms with Crippen molar-refractivity contribution in [1.29, 1.82) is 0 Å². The third-order valence-electron chi connectivity index (χ3n) is 3.27. The highest BCUT2D eigenvalue weighted by Crippen LogP contribution is 2.15. The van der Waals surface area contributed by atoms with Gasteiger partial charge in [-0.2, -0.15) is 0 Å². The Balaban J connectivity index is 1.71. The van der Waals surface area contributed by atoms with Gasteiger partial charge in [-0.15, -0.1) is 0 Å². The molecule has 2 aromatic heterocycles. The van der Waals surface area contributed by atoms with Crippen molar-refractivity contribution < 1.29 is 14.3 Å². The maximum absolute atomic E-state index is 12.2. The van der Waals surface area contributed by atoms with Gasteiger partial charge in [0.2, 0.25) is 0 Å². The van der Waals surface area contributed by atoms with Gasteiger partial charge in [-0.1, -0.05) is 17.7 Å². The quantitative estimate of drug-likeness (QED) is 0.608. The zero-order valence-corrected chi connectivity index (χ0v) is 15.4. The van der Waals surface area contributed by atoms with E-state index in [1.807, 2.05) is 20.8 Å². The summed E-state index contributed by atoms with van der Waals surface area (Å²) in [6, 6.07) is 5.27. The lowest BCUT2D eigenvalue weighted by molar-refractivity contribution is 0.0526. The standard InChI is InChI=1S/C17H23ClN4O3/c1-17(2,3)25-16(24)20-10-5-4-9-19-15(23)12-11-21-14-8-6-7-13(18)22(12)14/h6-8,11H,4-5,9-10H2,1-3H3,(H,19,23)(H,20,24). The van der Waals surface area contributed by atoms with E-state index in [4.69, 9.17) is 16.3 Å². The Labute approximate surface area is 151 Å². The molecule has 0 saturated heterocycles. The first-order chi connectivity index (χ1) is 11.8. The largest absolute Gasteiger partial charge is 0.444 e. The second kappa shape index (κ2) is 8.20. The van der Waals surface area contributed by atoms with Crippen LogP contribution >= 0.6 is 11.6 Å². The summed E-state index contributed by atoms with van der Waals surface area (Å²) in [7, 11) is 0. The topological polar surface area (TPSA) is 84.7 Å². The number of aromatic nitrogens is 2. The minimum absolute atomic E-state index is 0.235. The fourth-order valence-electron chi connectivity index (χ4n) is 2.20. The second-order valence-corrected chi connectivity index (χ2v) is 6.96. The number of hydrogen-bond donors (Lipinski definition) is 2. The highest BCUT2D eigenvalue weighted by Gasteiger charge is 2.15. The number of ether oxygens (including phenoxy) is 1. The van der Waals surface area contributed by atoms with Gasteiger partial charge in [0.15, 0.2) is 0 Å². The smallest absolute Gasteiger partial charge is 0.407 e. The molecule has 8 heteroatoms. The molecule has 0 unspecified atom stereocenters. The van der Waals surface area contributed by atoms with Gasteiger partial charge in [-0.25, -0.2) is 9.78 Å². The number of amides is 2. The van der Waals surface area contributed by atoms with E-state index in [-0.39, 0.29) is 5.91 Å². The summed E-state index contributed by atoms with van der Waals surface area (Å²) in [6.45, 7) is 6.43. The van der Waals surface area contributed by atoms with E-state index in [2.05, 4.69) is 15.6 Å². The average Bonchev–Trinajstić information content (AvgIpc) is 2.94. The van der Waals surface area contributed by atoms with Gasteiger partial charge in [0.05, 0.1) is 6.20 Å². The Hall–Kier alpha value is -2.28. The van der Waals surface area contributed by atoms with Crippen LogP contribution in [0.15, 0.2) is 24.4 Å². The molecule has 0 aliphatic rings. The molecule has 7 nitrogen and oxygen atoms in total. The molecule has 2 aromatic rings. The normalized spacial score (nSPS) is 11.4. The van der Waals surface area contributed by atoms with Crippen molar-refractivity contribution in [2.45, 2.75) is 39.2 Å². The summed E-state index contributed by atoms with van der Waals surface area (Å²) in [5.74, 6) is -0.235. The average molecular weight is 367 g/mol. The van der Waals surface area contributed by atoms with Crippen molar-refractivity contribution in [3.05, 3.63) is 35.2 Å². The van der Waals surface area contributed by atoms with Gasteiger partial charge < -0.3 is 15.4 Å². The summed E-state index contributed by atoms with van der Waals surface area (Å²) in [5, 5.41) is 5.94. The molecule has 0 fully saturated rings. The first-order valence-electron chi connectivity index (χ1n) is 8.15. The molecule has 0 bridgehead atoms. The molecule has 136 valence electrons. The monoisotopic (exact) mass is 366 g/mol. The van der Waals surface area contributed by atoms with E-state index >= 15 is 0 Å². The van der Waals surface area contributed by atoms with Crippen LogP contribution in [0.1, 0.15) is 44.1 Å². The summed E-state index contributed by atoms with van der Waals surface area (Å²) >= 11 is 6.12. The molecule has 0 aliphatic carbocycles. The molecule has 0 radical (unpaired) electrons. The maximum Gasteiger partial charge on any atom is 0.407 e. The number of unbranched alkanes of at least 4 members (excludes halogenated alkanes) is 1. The van der Waals surface area contributed by atoms with Crippen LogP contribution in [0.2, 0.25) is 5.15 Å². The number of nitrogens with one attached hydrogen (secondary N) is 2. The van der Waals surface area contributed by atoms with E-state index in [9.17, 15) is 9.59 Å². The van der Waals surface area contributed by atoms with Crippen molar-refractivity contribution in [2.24, 2.45) is 0 Å². The van der Waals surface area contributed by atoms with Crippen molar-refractivity contribution >= 4 is 29.2 Å². The van der Waals surface area contributed by atoms with E-state index in [0.717, 1.165) is 12.8 Å². The minimum Gasteiger partial charge on any atom is -0.444 e. The van der Waals surface area contributed by atoms with Crippen molar-refractivity contribution in [3.8, 4) is 0 Å². The third-order valence-corrected chi connectivity index (χ3v) is 3.57. The van der Waals surface area contributed by atoms with Gasteiger partial charge in [0.1, 0.15) is 22.1 Å². The molecular weight excluding hydrogens is 344 g/mol. The van der Waals surface area contributed by atoms with Crippen LogP contribution in [-0.2, 0) is 4.74 Å². The molecule has 2 amide bonds. The predicted molar refractivity (Wildman–Crippen MR) is 96.0 cm³/mol. The number of hydrogen-bond acceptors (Lipinski definition) is 4. The van der Waals surface area contributed by atoms with Crippen molar-refractivity contribution in [2.75, 3.05) is 13.1 Å². The van der Waals surface area contributed by atoms with Crippen LogP contribution in [0.25, 0.3) is 5.65 Å². The van der Waals surface area contributed by atoms with Crippen LogP contribution in [0.4, 0.5) is 4.79 Å². The number of carbonyl (C=O) groups is 2.